The molecule has 0 aliphatic rings. The maximum atomic E-state index is 13.2. The lowest BCUT2D eigenvalue weighted by atomic mass is 10.2. The van der Waals surface area contributed by atoms with Crippen LogP contribution in [-0.2, 0) is 6.61 Å². The first kappa shape index (κ1) is 11.3. The zero-order valence-corrected chi connectivity index (χ0v) is 8.73. The predicted octanol–water partition coefficient (Wildman–Crippen LogP) is 1.92. The number of halogens is 2. The van der Waals surface area contributed by atoms with Crippen LogP contribution in [-0.4, -0.2) is 9.97 Å². The number of nitrogen functional groups attached to an aromatic ring is 1. The molecule has 0 unspecified atom stereocenters. The fourth-order valence-electron chi connectivity index (χ4n) is 1.19. The van der Waals surface area contributed by atoms with Gasteiger partial charge in [-0.2, -0.15) is 4.98 Å². The average molecular weight is 237 g/mol. The van der Waals surface area contributed by atoms with Crippen molar-refractivity contribution in [2.24, 2.45) is 0 Å². The zero-order chi connectivity index (χ0) is 12.3. The van der Waals surface area contributed by atoms with Gasteiger partial charge in [-0.3, -0.25) is 0 Å². The van der Waals surface area contributed by atoms with Crippen molar-refractivity contribution >= 4 is 5.82 Å². The Labute approximate surface area is 96.1 Å². The minimum absolute atomic E-state index is 0.0439. The lowest BCUT2D eigenvalue weighted by Gasteiger charge is -2.05. The molecule has 0 saturated heterocycles. The summed E-state index contributed by atoms with van der Waals surface area (Å²) in [5, 5.41) is 0. The van der Waals surface area contributed by atoms with Crippen LogP contribution in [0.25, 0.3) is 0 Å². The summed E-state index contributed by atoms with van der Waals surface area (Å²) in [6.45, 7) is -0.0439. The molecule has 0 aliphatic carbocycles. The molecule has 1 aromatic heterocycles. The Kier molecular flexibility index (Phi) is 3.13. The molecule has 0 fully saturated rings. The molecule has 0 radical (unpaired) electrons. The van der Waals surface area contributed by atoms with Crippen molar-refractivity contribution in [2.45, 2.75) is 6.61 Å². The number of rotatable bonds is 3. The lowest BCUT2D eigenvalue weighted by molar-refractivity contribution is 0.274. The number of hydrogen-bond donors (Lipinski definition) is 1. The van der Waals surface area contributed by atoms with Crippen LogP contribution >= 0.6 is 0 Å². The third-order valence-electron chi connectivity index (χ3n) is 2.06. The molecule has 88 valence electrons. The summed E-state index contributed by atoms with van der Waals surface area (Å²) in [4.78, 5) is 7.14. The van der Waals surface area contributed by atoms with Gasteiger partial charge in [0, 0.05) is 5.56 Å². The third kappa shape index (κ3) is 2.66. The minimum Gasteiger partial charge on any atom is -0.458 e. The van der Waals surface area contributed by atoms with E-state index in [1.165, 1.54) is 6.07 Å². The smallest absolute Gasteiger partial charge is 0.318 e. The Bertz CT molecular complexity index is 534. The molecule has 0 spiro atoms. The van der Waals surface area contributed by atoms with Crippen LogP contribution in [0.5, 0.6) is 6.01 Å². The molecule has 0 aliphatic heterocycles. The molecule has 4 nitrogen and oxygen atoms in total. The Morgan fingerprint density at radius 1 is 1.18 bits per heavy atom. The number of hydrogen-bond acceptors (Lipinski definition) is 4. The van der Waals surface area contributed by atoms with E-state index in [0.29, 0.717) is 5.56 Å². The number of ether oxygens (including phenoxy) is 1. The Balaban J connectivity index is 2.08. The largest absolute Gasteiger partial charge is 0.458 e. The number of benzene rings is 1. The second-order valence-corrected chi connectivity index (χ2v) is 3.27. The molecule has 2 N–H and O–H groups in total. The van der Waals surface area contributed by atoms with E-state index in [-0.39, 0.29) is 24.3 Å². The standard InChI is InChI=1S/C11H9F2N3O/c12-8-4-2-1-3-7(8)6-17-11-15-5-9(13)10(14)16-11/h1-5H,6H2,(H2,14,15,16). The zero-order valence-electron chi connectivity index (χ0n) is 8.73. The fourth-order valence-corrected chi connectivity index (χ4v) is 1.19. The van der Waals surface area contributed by atoms with Crippen molar-refractivity contribution in [3.05, 3.63) is 47.7 Å². The van der Waals surface area contributed by atoms with Gasteiger partial charge in [0.05, 0.1) is 6.20 Å². The van der Waals surface area contributed by atoms with Gasteiger partial charge in [-0.15, -0.1) is 0 Å². The van der Waals surface area contributed by atoms with E-state index >= 15 is 0 Å². The van der Waals surface area contributed by atoms with Crippen molar-refractivity contribution in [1.29, 1.82) is 0 Å². The number of aromatic nitrogens is 2. The Morgan fingerprint density at radius 3 is 2.65 bits per heavy atom. The SMILES string of the molecule is Nc1nc(OCc2ccccc2F)ncc1F. The van der Waals surface area contributed by atoms with Crippen molar-refractivity contribution in [3.63, 3.8) is 0 Å². The van der Waals surface area contributed by atoms with Crippen LogP contribution in [0.3, 0.4) is 0 Å². The van der Waals surface area contributed by atoms with E-state index in [2.05, 4.69) is 9.97 Å². The first-order valence-corrected chi connectivity index (χ1v) is 4.81. The van der Waals surface area contributed by atoms with Crippen LogP contribution in [0, 0.1) is 11.6 Å². The molecule has 1 heterocycles. The summed E-state index contributed by atoms with van der Waals surface area (Å²) in [6.07, 6.45) is 0.902. The molecular formula is C11H9F2N3O. The molecule has 0 atom stereocenters. The quantitative estimate of drug-likeness (QED) is 0.885. The van der Waals surface area contributed by atoms with E-state index in [0.717, 1.165) is 6.20 Å². The summed E-state index contributed by atoms with van der Waals surface area (Å²) in [6, 6.07) is 6.06. The molecule has 6 heteroatoms. The van der Waals surface area contributed by atoms with E-state index < -0.39 is 5.82 Å². The summed E-state index contributed by atoms with van der Waals surface area (Å²) < 4.78 is 31.1. The Morgan fingerprint density at radius 2 is 1.94 bits per heavy atom. The number of nitrogens with zero attached hydrogens (tertiary/aromatic N) is 2. The fraction of sp³-hybridized carbons (Fsp3) is 0.0909. The molecule has 17 heavy (non-hydrogen) atoms. The second kappa shape index (κ2) is 4.73. The van der Waals surface area contributed by atoms with Gasteiger partial charge in [0.25, 0.3) is 0 Å². The van der Waals surface area contributed by atoms with Gasteiger partial charge in [-0.05, 0) is 6.07 Å². The van der Waals surface area contributed by atoms with Gasteiger partial charge < -0.3 is 10.5 Å². The Hall–Kier alpha value is -2.24. The molecule has 0 bridgehead atoms. The van der Waals surface area contributed by atoms with E-state index in [4.69, 9.17) is 10.5 Å². The molecule has 2 aromatic rings. The molecular weight excluding hydrogens is 228 g/mol. The van der Waals surface area contributed by atoms with Crippen molar-refractivity contribution in [1.82, 2.24) is 9.97 Å². The van der Waals surface area contributed by atoms with E-state index in [1.807, 2.05) is 0 Å². The van der Waals surface area contributed by atoms with Crippen LogP contribution in [0.15, 0.2) is 30.5 Å². The third-order valence-corrected chi connectivity index (χ3v) is 2.06. The monoisotopic (exact) mass is 237 g/mol. The maximum absolute atomic E-state index is 13.2. The van der Waals surface area contributed by atoms with Crippen molar-refractivity contribution in [3.8, 4) is 6.01 Å². The van der Waals surface area contributed by atoms with Crippen LogP contribution in [0.1, 0.15) is 5.56 Å². The normalized spacial score (nSPS) is 10.2. The molecule has 1 aromatic carbocycles. The number of anilines is 1. The highest BCUT2D eigenvalue weighted by Crippen LogP contribution is 2.12. The summed E-state index contributed by atoms with van der Waals surface area (Å²) >= 11 is 0. The highest BCUT2D eigenvalue weighted by molar-refractivity contribution is 5.29. The first-order valence-electron chi connectivity index (χ1n) is 4.81. The van der Waals surface area contributed by atoms with E-state index in [1.54, 1.807) is 18.2 Å². The molecule has 0 saturated carbocycles. The van der Waals surface area contributed by atoms with Gasteiger partial charge in [-0.25, -0.2) is 13.8 Å². The van der Waals surface area contributed by atoms with Gasteiger partial charge in [0.2, 0.25) is 0 Å². The highest BCUT2D eigenvalue weighted by Gasteiger charge is 2.06. The summed E-state index contributed by atoms with van der Waals surface area (Å²) in [7, 11) is 0. The van der Waals surface area contributed by atoms with Crippen LogP contribution in [0.2, 0.25) is 0 Å². The van der Waals surface area contributed by atoms with Gasteiger partial charge in [-0.1, -0.05) is 18.2 Å². The van der Waals surface area contributed by atoms with Gasteiger partial charge >= 0.3 is 6.01 Å². The summed E-state index contributed by atoms with van der Waals surface area (Å²) in [5.74, 6) is -1.41. The van der Waals surface area contributed by atoms with E-state index in [9.17, 15) is 8.78 Å². The van der Waals surface area contributed by atoms with Crippen LogP contribution < -0.4 is 10.5 Å². The summed E-state index contributed by atoms with van der Waals surface area (Å²) in [5.41, 5.74) is 5.60. The topological polar surface area (TPSA) is 61.0 Å². The first-order chi connectivity index (χ1) is 8.16. The second-order valence-electron chi connectivity index (χ2n) is 3.27. The average Bonchev–Trinajstić information content (AvgIpc) is 2.32. The highest BCUT2D eigenvalue weighted by atomic mass is 19.1. The van der Waals surface area contributed by atoms with Crippen LogP contribution in [0.4, 0.5) is 14.6 Å². The molecule has 0 amide bonds. The van der Waals surface area contributed by atoms with Crippen molar-refractivity contribution in [2.75, 3.05) is 5.73 Å². The number of nitrogens with two attached hydrogens (primary N) is 1. The maximum Gasteiger partial charge on any atom is 0.318 e. The van der Waals surface area contributed by atoms with Gasteiger partial charge in [0.1, 0.15) is 12.4 Å². The van der Waals surface area contributed by atoms with Crippen molar-refractivity contribution < 1.29 is 13.5 Å². The molecule has 2 rings (SSSR count). The minimum atomic E-state index is -0.719. The van der Waals surface area contributed by atoms with Gasteiger partial charge in [0.15, 0.2) is 11.6 Å². The predicted molar refractivity (Wildman–Crippen MR) is 57.1 cm³/mol. The lowest BCUT2D eigenvalue weighted by Crippen LogP contribution is -2.04.